The maximum absolute atomic E-state index is 12.5. The number of unbranched alkanes of at least 4 members (excludes halogenated alkanes) is 18. The van der Waals surface area contributed by atoms with E-state index in [1.54, 1.807) is 13.8 Å². The summed E-state index contributed by atoms with van der Waals surface area (Å²) in [5.41, 5.74) is 6.43. The van der Waals surface area contributed by atoms with Crippen LogP contribution >= 0.6 is 0 Å². The number of carbonyl (C=O) groups is 2. The highest BCUT2D eigenvalue weighted by atomic mass is 16.1. The third kappa shape index (κ3) is 9.47. The summed E-state index contributed by atoms with van der Waals surface area (Å²) < 4.78 is 5.00. The van der Waals surface area contributed by atoms with E-state index in [0.717, 1.165) is 37.1 Å². The predicted octanol–water partition coefficient (Wildman–Crippen LogP) is 14.1. The first-order valence-corrected chi connectivity index (χ1v) is 20.5. The van der Waals surface area contributed by atoms with Gasteiger partial charge < -0.3 is 9.13 Å². The average Bonchev–Trinajstić information content (AvgIpc) is 3.59. The summed E-state index contributed by atoms with van der Waals surface area (Å²) in [6.07, 6.45) is 26.4. The zero-order chi connectivity index (χ0) is 35.3. The molecule has 50 heavy (non-hydrogen) atoms. The van der Waals surface area contributed by atoms with Gasteiger partial charge in [-0.2, -0.15) is 0 Å². The Hall–Kier alpha value is -3.40. The van der Waals surface area contributed by atoms with E-state index in [0.29, 0.717) is 0 Å². The maximum atomic E-state index is 12.5. The first-order chi connectivity index (χ1) is 24.4. The van der Waals surface area contributed by atoms with E-state index >= 15 is 0 Å². The smallest absolute Gasteiger partial charge is 0.159 e. The Morgan fingerprint density at radius 1 is 0.400 bits per heavy atom. The molecule has 0 aliphatic carbocycles. The molecule has 5 rings (SSSR count). The number of benzene rings is 3. The van der Waals surface area contributed by atoms with Crippen molar-refractivity contribution in [3.05, 3.63) is 59.7 Å². The summed E-state index contributed by atoms with van der Waals surface area (Å²) in [5, 5.41) is 4.78. The number of aromatic nitrogens is 2. The molecule has 0 N–H and O–H groups in total. The van der Waals surface area contributed by atoms with Gasteiger partial charge in [-0.05, 0) is 75.2 Å². The number of carbonyl (C=O) groups excluding carboxylic acids is 2. The first-order valence-electron chi connectivity index (χ1n) is 20.5. The van der Waals surface area contributed by atoms with Crippen LogP contribution in [0.15, 0.2) is 48.5 Å². The van der Waals surface area contributed by atoms with Gasteiger partial charge in [0, 0.05) is 67.8 Å². The summed E-state index contributed by atoms with van der Waals surface area (Å²) in [5.74, 6) is 0.214. The minimum atomic E-state index is 0.107. The molecule has 270 valence electrons. The molecule has 0 aliphatic rings. The number of hydrogen-bond donors (Lipinski definition) is 0. The Bertz CT molecular complexity index is 1720. The summed E-state index contributed by atoms with van der Waals surface area (Å²) in [6.45, 7) is 9.84. The highest BCUT2D eigenvalue weighted by Gasteiger charge is 2.18. The molecule has 2 heterocycles. The number of fused-ring (bicyclic) bond motifs is 6. The molecular weight excluding hydrogens is 613 g/mol. The van der Waals surface area contributed by atoms with E-state index in [1.165, 1.54) is 159 Å². The van der Waals surface area contributed by atoms with Crippen molar-refractivity contribution in [1.82, 2.24) is 9.13 Å². The van der Waals surface area contributed by atoms with Gasteiger partial charge in [-0.1, -0.05) is 129 Å². The predicted molar refractivity (Wildman–Crippen MR) is 216 cm³/mol. The Kier molecular flexibility index (Phi) is 14.6. The third-order valence-electron chi connectivity index (χ3n) is 11.1. The van der Waals surface area contributed by atoms with Crippen molar-refractivity contribution in [2.24, 2.45) is 0 Å². The van der Waals surface area contributed by atoms with Gasteiger partial charge in [0.15, 0.2) is 11.6 Å². The van der Waals surface area contributed by atoms with Crippen LogP contribution < -0.4 is 0 Å². The Morgan fingerprint density at radius 2 is 0.700 bits per heavy atom. The molecule has 0 radical (unpaired) electrons. The lowest BCUT2D eigenvalue weighted by atomic mass is 10.0. The molecule has 0 saturated carbocycles. The molecule has 0 aliphatic heterocycles. The monoisotopic (exact) mass is 676 g/mol. The lowest BCUT2D eigenvalue weighted by Crippen LogP contribution is -1.99. The van der Waals surface area contributed by atoms with Crippen LogP contribution in [0.1, 0.15) is 177 Å². The van der Waals surface area contributed by atoms with Crippen molar-refractivity contribution in [2.75, 3.05) is 0 Å². The standard InChI is InChI=1S/C46H64N2O2/c1-5-7-9-11-13-15-17-19-21-23-29-47-43-27-25-37(35(3)49)31-39(43)41-34-46-42(33-45(41)47)40-32-38(36(4)50)26-28-44(40)48(46)30-24-22-20-18-16-14-12-10-8-6-2/h25-28,31-34H,5-24,29-30H2,1-4H3. The van der Waals surface area contributed by atoms with E-state index in [-0.39, 0.29) is 11.6 Å². The lowest BCUT2D eigenvalue weighted by Gasteiger charge is -2.09. The van der Waals surface area contributed by atoms with Gasteiger partial charge in [0.1, 0.15) is 0 Å². The van der Waals surface area contributed by atoms with Gasteiger partial charge >= 0.3 is 0 Å². The summed E-state index contributed by atoms with van der Waals surface area (Å²) >= 11 is 0. The summed E-state index contributed by atoms with van der Waals surface area (Å²) in [7, 11) is 0. The van der Waals surface area contributed by atoms with E-state index < -0.39 is 0 Å². The maximum Gasteiger partial charge on any atom is 0.159 e. The molecule has 4 nitrogen and oxygen atoms in total. The van der Waals surface area contributed by atoms with Crippen molar-refractivity contribution < 1.29 is 9.59 Å². The van der Waals surface area contributed by atoms with Crippen LogP contribution in [-0.2, 0) is 13.1 Å². The van der Waals surface area contributed by atoms with Crippen molar-refractivity contribution in [2.45, 2.75) is 169 Å². The average molecular weight is 677 g/mol. The van der Waals surface area contributed by atoms with Gasteiger partial charge in [0.25, 0.3) is 0 Å². The van der Waals surface area contributed by atoms with Crippen molar-refractivity contribution in [3.8, 4) is 0 Å². The number of hydrogen-bond acceptors (Lipinski definition) is 2. The zero-order valence-corrected chi connectivity index (χ0v) is 31.9. The number of rotatable bonds is 24. The molecule has 0 saturated heterocycles. The molecule has 0 bridgehead atoms. The third-order valence-corrected chi connectivity index (χ3v) is 11.1. The van der Waals surface area contributed by atoms with Crippen LogP contribution in [0.4, 0.5) is 0 Å². The SMILES string of the molecule is CCCCCCCCCCCCn1c2ccc(C(C)=O)cc2c2cc3c(cc21)c1cc(C(C)=O)ccc1n3CCCCCCCCCCCC. The Morgan fingerprint density at radius 3 is 1.02 bits per heavy atom. The van der Waals surface area contributed by atoms with Crippen LogP contribution in [0.25, 0.3) is 43.6 Å². The lowest BCUT2D eigenvalue weighted by molar-refractivity contribution is 0.100. The Labute approximate surface area is 302 Å². The van der Waals surface area contributed by atoms with Crippen LogP contribution in [-0.4, -0.2) is 20.7 Å². The summed E-state index contributed by atoms with van der Waals surface area (Å²) in [4.78, 5) is 25.0. The molecule has 5 aromatic rings. The molecule has 4 heteroatoms. The fourth-order valence-corrected chi connectivity index (χ4v) is 8.12. The van der Waals surface area contributed by atoms with E-state index in [4.69, 9.17) is 0 Å². The number of ketones is 2. The van der Waals surface area contributed by atoms with Gasteiger partial charge in [-0.15, -0.1) is 0 Å². The van der Waals surface area contributed by atoms with E-state index in [1.807, 2.05) is 12.1 Å². The van der Waals surface area contributed by atoms with Crippen LogP contribution in [0.3, 0.4) is 0 Å². The molecule has 0 atom stereocenters. The Balaban J connectivity index is 1.41. The molecule has 2 aromatic heterocycles. The highest BCUT2D eigenvalue weighted by Crippen LogP contribution is 2.38. The van der Waals surface area contributed by atoms with E-state index in [2.05, 4.69) is 59.4 Å². The van der Waals surface area contributed by atoms with Crippen molar-refractivity contribution in [1.29, 1.82) is 0 Å². The van der Waals surface area contributed by atoms with Crippen LogP contribution in [0.2, 0.25) is 0 Å². The molecule has 3 aromatic carbocycles. The van der Waals surface area contributed by atoms with Gasteiger partial charge in [-0.25, -0.2) is 0 Å². The first kappa shape index (κ1) is 37.8. The number of Topliss-reactive ketones (excluding diaryl/α,β-unsaturated/α-hetero) is 2. The molecular formula is C46H64N2O2. The van der Waals surface area contributed by atoms with Crippen LogP contribution in [0.5, 0.6) is 0 Å². The van der Waals surface area contributed by atoms with Crippen molar-refractivity contribution >= 4 is 55.2 Å². The number of nitrogens with zero attached hydrogens (tertiary/aromatic N) is 2. The van der Waals surface area contributed by atoms with E-state index in [9.17, 15) is 9.59 Å². The topological polar surface area (TPSA) is 44.0 Å². The molecule has 0 fully saturated rings. The van der Waals surface area contributed by atoms with Crippen molar-refractivity contribution in [3.63, 3.8) is 0 Å². The minimum absolute atomic E-state index is 0.107. The zero-order valence-electron chi connectivity index (χ0n) is 31.9. The number of aryl methyl sites for hydroxylation is 2. The molecule has 0 amide bonds. The molecule has 0 unspecified atom stereocenters. The minimum Gasteiger partial charge on any atom is -0.340 e. The second kappa shape index (κ2) is 19.3. The fourth-order valence-electron chi connectivity index (χ4n) is 8.12. The highest BCUT2D eigenvalue weighted by molar-refractivity contribution is 6.19. The second-order valence-corrected chi connectivity index (χ2v) is 15.1. The van der Waals surface area contributed by atoms with Gasteiger partial charge in [0.2, 0.25) is 0 Å². The summed E-state index contributed by atoms with van der Waals surface area (Å²) in [6, 6.07) is 17.3. The largest absolute Gasteiger partial charge is 0.340 e. The van der Waals surface area contributed by atoms with Gasteiger partial charge in [-0.3, -0.25) is 9.59 Å². The second-order valence-electron chi connectivity index (χ2n) is 15.1. The normalized spacial score (nSPS) is 11.9. The van der Waals surface area contributed by atoms with Gasteiger partial charge in [0.05, 0.1) is 0 Å². The quantitative estimate of drug-likeness (QED) is 0.0482. The molecule has 0 spiro atoms. The fraction of sp³-hybridized carbons (Fsp3) is 0.565. The van der Waals surface area contributed by atoms with Crippen LogP contribution in [0, 0.1) is 0 Å².